The van der Waals surface area contributed by atoms with E-state index < -0.39 is 5.41 Å². The predicted octanol–water partition coefficient (Wildman–Crippen LogP) is 2.73. The maximum atomic E-state index is 9.85. The summed E-state index contributed by atoms with van der Waals surface area (Å²) in [6.07, 6.45) is 1.35. The van der Waals surface area contributed by atoms with Crippen molar-refractivity contribution in [3.8, 4) is 17.7 Å². The highest BCUT2D eigenvalue weighted by atomic mass is 35.5. The van der Waals surface area contributed by atoms with Gasteiger partial charge in [-0.15, -0.1) is 10.2 Å². The summed E-state index contributed by atoms with van der Waals surface area (Å²) in [5.74, 6) is 1.14. The molecule has 1 saturated heterocycles. The van der Waals surface area contributed by atoms with Crippen LogP contribution in [0.15, 0.2) is 40.9 Å². The van der Waals surface area contributed by atoms with Gasteiger partial charge in [-0.05, 0) is 42.7 Å². The lowest BCUT2D eigenvalue weighted by atomic mass is 9.74. The molecule has 0 saturated carbocycles. The van der Waals surface area contributed by atoms with E-state index in [1.54, 1.807) is 6.07 Å². The average Bonchev–Trinajstić information content (AvgIpc) is 3.23. The van der Waals surface area contributed by atoms with Gasteiger partial charge in [0.25, 0.3) is 5.89 Å². The number of benzene rings is 1. The van der Waals surface area contributed by atoms with E-state index in [9.17, 15) is 5.26 Å². The smallest absolute Gasteiger partial charge is 0.278 e. The third-order valence-electron chi connectivity index (χ3n) is 5.01. The first-order chi connectivity index (χ1) is 13.6. The van der Waals surface area contributed by atoms with Gasteiger partial charge in [0.1, 0.15) is 6.61 Å². The van der Waals surface area contributed by atoms with Gasteiger partial charge >= 0.3 is 0 Å². The van der Waals surface area contributed by atoms with Crippen LogP contribution in [-0.4, -0.2) is 38.5 Å². The van der Waals surface area contributed by atoms with Crippen LogP contribution in [-0.2, 0) is 12.0 Å². The molecule has 4 rings (SSSR count). The van der Waals surface area contributed by atoms with Crippen molar-refractivity contribution >= 4 is 17.4 Å². The first-order valence-electron chi connectivity index (χ1n) is 8.83. The molecule has 8 nitrogen and oxygen atoms in total. The molecule has 3 aromatic rings. The highest BCUT2D eigenvalue weighted by Crippen LogP contribution is 2.37. The minimum atomic E-state index is -0.542. The lowest BCUT2D eigenvalue weighted by Crippen LogP contribution is -2.42. The number of hydrogen-bond acceptors (Lipinski definition) is 8. The molecule has 1 aromatic carbocycles. The monoisotopic (exact) mass is 396 g/mol. The number of aliphatic hydroxyl groups is 1. The first-order valence-corrected chi connectivity index (χ1v) is 9.21. The van der Waals surface area contributed by atoms with E-state index in [0.29, 0.717) is 36.6 Å². The van der Waals surface area contributed by atoms with E-state index >= 15 is 0 Å². The molecule has 0 aliphatic carbocycles. The summed E-state index contributed by atoms with van der Waals surface area (Å²) < 4.78 is 5.04. The summed E-state index contributed by atoms with van der Waals surface area (Å²) in [5, 5.41) is 31.5. The molecule has 28 heavy (non-hydrogen) atoms. The Morgan fingerprint density at radius 1 is 1.21 bits per heavy atom. The summed E-state index contributed by atoms with van der Waals surface area (Å²) in [6, 6.07) is 13.6. The van der Waals surface area contributed by atoms with Crippen molar-refractivity contribution in [3.63, 3.8) is 0 Å². The summed E-state index contributed by atoms with van der Waals surface area (Å²) >= 11 is 6.11. The molecule has 1 aliphatic rings. The van der Waals surface area contributed by atoms with Crippen molar-refractivity contribution < 1.29 is 9.63 Å². The Hall–Kier alpha value is -3.02. The van der Waals surface area contributed by atoms with Crippen molar-refractivity contribution in [2.45, 2.75) is 24.9 Å². The second kappa shape index (κ2) is 7.54. The number of nitriles is 1. The van der Waals surface area contributed by atoms with Crippen molar-refractivity contribution in [3.05, 3.63) is 52.8 Å². The van der Waals surface area contributed by atoms with Gasteiger partial charge < -0.3 is 14.5 Å². The molecular formula is C19H17ClN6O2. The molecule has 9 heteroatoms. The molecule has 0 bridgehead atoms. The molecule has 0 atom stereocenters. The van der Waals surface area contributed by atoms with Crippen LogP contribution in [0.4, 0.5) is 5.82 Å². The second-order valence-electron chi connectivity index (χ2n) is 6.64. The number of rotatable bonds is 4. The van der Waals surface area contributed by atoms with E-state index in [2.05, 4.69) is 31.3 Å². The summed E-state index contributed by atoms with van der Waals surface area (Å²) in [4.78, 5) is 6.12. The number of anilines is 1. The van der Waals surface area contributed by atoms with Crippen LogP contribution in [0, 0.1) is 11.3 Å². The predicted molar refractivity (Wildman–Crippen MR) is 101 cm³/mol. The van der Waals surface area contributed by atoms with E-state index in [0.717, 1.165) is 11.4 Å². The molecule has 0 unspecified atom stereocenters. The molecule has 142 valence electrons. The fourth-order valence-corrected chi connectivity index (χ4v) is 3.59. The van der Waals surface area contributed by atoms with Crippen molar-refractivity contribution in [1.82, 2.24) is 20.3 Å². The Balaban J connectivity index is 1.48. The SMILES string of the molecule is N#CC1(c2cccc(Cl)c2)CCN(c2ccc(-c3nc(CO)no3)nn2)CC1. The van der Waals surface area contributed by atoms with Gasteiger partial charge in [0.15, 0.2) is 17.3 Å². The average molecular weight is 397 g/mol. The lowest BCUT2D eigenvalue weighted by molar-refractivity contribution is 0.264. The zero-order chi connectivity index (χ0) is 19.6. The van der Waals surface area contributed by atoms with Gasteiger partial charge in [-0.25, -0.2) is 0 Å². The molecule has 2 aromatic heterocycles. The fraction of sp³-hybridized carbons (Fsp3) is 0.316. The number of hydrogen-bond donors (Lipinski definition) is 1. The minimum Gasteiger partial charge on any atom is -0.388 e. The standard InChI is InChI=1S/C19H17ClN6O2/c20-14-3-1-2-13(10-14)19(12-21)6-8-26(9-7-19)17-5-4-15(23-24-17)18-22-16(11-27)25-28-18/h1-5,10,27H,6-9,11H2. The Bertz CT molecular complexity index is 1010. The molecular weight excluding hydrogens is 380 g/mol. The highest BCUT2D eigenvalue weighted by molar-refractivity contribution is 6.30. The normalized spacial score (nSPS) is 16.0. The Labute approximate surface area is 166 Å². The van der Waals surface area contributed by atoms with Gasteiger partial charge in [-0.2, -0.15) is 10.2 Å². The van der Waals surface area contributed by atoms with E-state index in [1.807, 2.05) is 30.3 Å². The Morgan fingerprint density at radius 3 is 2.64 bits per heavy atom. The van der Waals surface area contributed by atoms with Crippen molar-refractivity contribution in [2.24, 2.45) is 0 Å². The number of aliphatic hydroxyl groups excluding tert-OH is 1. The maximum absolute atomic E-state index is 9.85. The van der Waals surface area contributed by atoms with Crippen LogP contribution < -0.4 is 4.90 Å². The van der Waals surface area contributed by atoms with Crippen LogP contribution in [0.2, 0.25) is 5.02 Å². The van der Waals surface area contributed by atoms with Gasteiger partial charge in [-0.1, -0.05) is 28.9 Å². The van der Waals surface area contributed by atoms with E-state index in [-0.39, 0.29) is 18.3 Å². The molecule has 3 heterocycles. The van der Waals surface area contributed by atoms with Gasteiger partial charge in [0.05, 0.1) is 11.5 Å². The summed E-state index contributed by atoms with van der Waals surface area (Å²) in [7, 11) is 0. The largest absolute Gasteiger partial charge is 0.388 e. The van der Waals surface area contributed by atoms with Crippen LogP contribution in [0.5, 0.6) is 0 Å². The van der Waals surface area contributed by atoms with Gasteiger partial charge in [0, 0.05) is 18.1 Å². The number of nitrogens with zero attached hydrogens (tertiary/aromatic N) is 6. The quantitative estimate of drug-likeness (QED) is 0.716. The first kappa shape index (κ1) is 18.3. The molecule has 0 radical (unpaired) electrons. The highest BCUT2D eigenvalue weighted by Gasteiger charge is 2.37. The van der Waals surface area contributed by atoms with Gasteiger partial charge in [-0.3, -0.25) is 0 Å². The zero-order valence-electron chi connectivity index (χ0n) is 14.9. The maximum Gasteiger partial charge on any atom is 0.278 e. The number of aromatic nitrogens is 4. The third-order valence-corrected chi connectivity index (χ3v) is 5.25. The molecule has 0 amide bonds. The number of piperidine rings is 1. The summed E-state index contributed by atoms with van der Waals surface area (Å²) in [6.45, 7) is 1.07. The zero-order valence-corrected chi connectivity index (χ0v) is 15.7. The lowest BCUT2D eigenvalue weighted by Gasteiger charge is -2.38. The van der Waals surface area contributed by atoms with Crippen LogP contribution in [0.25, 0.3) is 11.6 Å². The van der Waals surface area contributed by atoms with E-state index in [4.69, 9.17) is 21.2 Å². The summed E-state index contributed by atoms with van der Waals surface area (Å²) in [5.41, 5.74) is 0.858. The topological polar surface area (TPSA) is 112 Å². The third kappa shape index (κ3) is 3.42. The fourth-order valence-electron chi connectivity index (χ4n) is 3.40. The second-order valence-corrected chi connectivity index (χ2v) is 7.08. The van der Waals surface area contributed by atoms with Crippen molar-refractivity contribution in [2.75, 3.05) is 18.0 Å². The Morgan fingerprint density at radius 2 is 2.04 bits per heavy atom. The van der Waals surface area contributed by atoms with Crippen molar-refractivity contribution in [1.29, 1.82) is 5.26 Å². The Kier molecular flexibility index (Phi) is 4.94. The van der Waals surface area contributed by atoms with Gasteiger partial charge in [0.2, 0.25) is 0 Å². The van der Waals surface area contributed by atoms with Crippen LogP contribution >= 0.6 is 11.6 Å². The molecule has 0 spiro atoms. The van der Waals surface area contributed by atoms with E-state index in [1.165, 1.54) is 0 Å². The molecule has 1 N–H and O–H groups in total. The van der Waals surface area contributed by atoms with Crippen LogP contribution in [0.1, 0.15) is 24.2 Å². The minimum absolute atomic E-state index is 0.200. The number of halogens is 1. The molecule has 1 fully saturated rings. The molecule has 1 aliphatic heterocycles. The van der Waals surface area contributed by atoms with Crippen LogP contribution in [0.3, 0.4) is 0 Å².